The van der Waals surface area contributed by atoms with Crippen molar-refractivity contribution in [2.75, 3.05) is 13.1 Å². The molecule has 2 aliphatic rings. The van der Waals surface area contributed by atoms with Gasteiger partial charge in [0.05, 0.1) is 17.0 Å². The highest BCUT2D eigenvalue weighted by atomic mass is 16.2. The Morgan fingerprint density at radius 3 is 2.52 bits per heavy atom. The first-order valence-corrected chi connectivity index (χ1v) is 10.4. The fourth-order valence-electron chi connectivity index (χ4n) is 5.30. The van der Waals surface area contributed by atoms with Crippen LogP contribution in [0.2, 0.25) is 0 Å². The molecule has 1 N–H and O–H groups in total. The molecular formula is C24H25N3O2. The van der Waals surface area contributed by atoms with Gasteiger partial charge in [-0.05, 0) is 55.2 Å². The van der Waals surface area contributed by atoms with Gasteiger partial charge in [-0.2, -0.15) is 5.10 Å². The van der Waals surface area contributed by atoms with Crippen LogP contribution in [0.4, 0.5) is 0 Å². The smallest absolute Gasteiger partial charge is 0.272 e. The maximum Gasteiger partial charge on any atom is 0.272 e. The second kappa shape index (κ2) is 6.83. The van der Waals surface area contributed by atoms with E-state index in [1.807, 2.05) is 30.0 Å². The molecule has 1 fully saturated rings. The van der Waals surface area contributed by atoms with Crippen molar-refractivity contribution in [3.8, 4) is 0 Å². The first kappa shape index (κ1) is 18.1. The summed E-state index contributed by atoms with van der Waals surface area (Å²) in [5.74, 6) is -0.294. The van der Waals surface area contributed by atoms with E-state index in [9.17, 15) is 9.59 Å². The number of hydrogen-bond donors (Lipinski definition) is 1. The molecule has 0 bridgehead atoms. The molecule has 0 radical (unpaired) electrons. The van der Waals surface area contributed by atoms with Gasteiger partial charge in [-0.3, -0.25) is 9.59 Å². The summed E-state index contributed by atoms with van der Waals surface area (Å²) in [6.07, 6.45) is 4.37. The lowest BCUT2D eigenvalue weighted by Crippen LogP contribution is -2.45. The zero-order valence-corrected chi connectivity index (χ0v) is 16.6. The molecule has 5 heteroatoms. The number of fused-ring (bicyclic) bond motifs is 3. The van der Waals surface area contributed by atoms with Gasteiger partial charge < -0.3 is 4.90 Å². The molecule has 1 saturated heterocycles. The van der Waals surface area contributed by atoms with Crippen molar-refractivity contribution >= 4 is 16.7 Å². The molecule has 3 aromatic rings. The lowest BCUT2D eigenvalue weighted by Gasteiger charge is -2.41. The number of aromatic amines is 1. The number of rotatable bonds is 2. The lowest BCUT2D eigenvalue weighted by molar-refractivity contribution is -0.134. The number of hydrogen-bond acceptors (Lipinski definition) is 3. The zero-order valence-electron chi connectivity index (χ0n) is 16.6. The van der Waals surface area contributed by atoms with E-state index in [2.05, 4.69) is 34.5 Å². The van der Waals surface area contributed by atoms with Crippen LogP contribution in [0.3, 0.4) is 0 Å². The van der Waals surface area contributed by atoms with Crippen LogP contribution in [-0.4, -0.2) is 34.1 Å². The number of aryl methyl sites for hydroxylation is 1. The summed E-state index contributed by atoms with van der Waals surface area (Å²) in [5.41, 5.74) is 3.64. The van der Waals surface area contributed by atoms with Gasteiger partial charge in [0.2, 0.25) is 5.91 Å². The molecule has 1 atom stereocenters. The largest absolute Gasteiger partial charge is 0.342 e. The van der Waals surface area contributed by atoms with E-state index in [-0.39, 0.29) is 22.8 Å². The van der Waals surface area contributed by atoms with E-state index in [0.29, 0.717) is 11.1 Å². The molecule has 1 amide bonds. The van der Waals surface area contributed by atoms with Crippen molar-refractivity contribution < 1.29 is 4.79 Å². The van der Waals surface area contributed by atoms with Crippen LogP contribution in [0.5, 0.6) is 0 Å². The van der Waals surface area contributed by atoms with Crippen LogP contribution in [0.25, 0.3) is 10.8 Å². The first-order valence-electron chi connectivity index (χ1n) is 10.4. The summed E-state index contributed by atoms with van der Waals surface area (Å²) in [4.78, 5) is 27.3. The number of likely N-dealkylation sites (tertiary alicyclic amines) is 1. The Kier molecular flexibility index (Phi) is 4.26. The summed E-state index contributed by atoms with van der Waals surface area (Å²) >= 11 is 0. The van der Waals surface area contributed by atoms with Crippen LogP contribution in [-0.2, 0) is 16.6 Å². The van der Waals surface area contributed by atoms with E-state index in [0.717, 1.165) is 37.7 Å². The minimum Gasteiger partial charge on any atom is -0.342 e. The number of amides is 1. The highest BCUT2D eigenvalue weighted by molar-refractivity contribution is 5.91. The van der Waals surface area contributed by atoms with E-state index < -0.39 is 0 Å². The van der Waals surface area contributed by atoms with Crippen molar-refractivity contribution in [2.24, 2.45) is 0 Å². The van der Waals surface area contributed by atoms with Gasteiger partial charge in [-0.15, -0.1) is 0 Å². The molecule has 1 aliphatic carbocycles. The van der Waals surface area contributed by atoms with Crippen LogP contribution in [0.15, 0.2) is 53.3 Å². The van der Waals surface area contributed by atoms with Crippen molar-refractivity contribution in [3.63, 3.8) is 0 Å². The second-order valence-corrected chi connectivity index (χ2v) is 8.47. The predicted octanol–water partition coefficient (Wildman–Crippen LogP) is 3.53. The molecule has 1 aromatic heterocycles. The Labute approximate surface area is 169 Å². The second-order valence-electron chi connectivity index (χ2n) is 8.47. The van der Waals surface area contributed by atoms with Gasteiger partial charge in [0.1, 0.15) is 0 Å². The third-order valence-electron chi connectivity index (χ3n) is 7.00. The fraction of sp³-hybridized carbons (Fsp3) is 0.375. The number of carbonyl (C=O) groups is 1. The van der Waals surface area contributed by atoms with E-state index in [4.69, 9.17) is 0 Å². The topological polar surface area (TPSA) is 66.1 Å². The maximum absolute atomic E-state index is 13.3. The maximum atomic E-state index is 13.3. The molecule has 148 valence electrons. The molecule has 5 nitrogen and oxygen atoms in total. The monoisotopic (exact) mass is 387 g/mol. The van der Waals surface area contributed by atoms with Gasteiger partial charge >= 0.3 is 0 Å². The molecule has 1 aliphatic heterocycles. The Bertz CT molecular complexity index is 1140. The van der Waals surface area contributed by atoms with Gasteiger partial charge in [-0.1, -0.05) is 42.5 Å². The number of piperidine rings is 1. The minimum absolute atomic E-state index is 0.0934. The summed E-state index contributed by atoms with van der Waals surface area (Å²) in [6, 6.07) is 16.1. The Morgan fingerprint density at radius 2 is 1.72 bits per heavy atom. The Hall–Kier alpha value is -2.95. The van der Waals surface area contributed by atoms with Crippen LogP contribution in [0.1, 0.15) is 48.9 Å². The standard InChI is InChI=1S/C24H25N3O2/c1-16(21-18-7-3-4-8-19(18)22(28)26-25-21)23(29)27-14-12-24(13-15-27)11-10-17-6-2-5-9-20(17)24/h2-9,16H,10-15H2,1H3,(H,26,28)/t16-/m1/s1. The summed E-state index contributed by atoms with van der Waals surface area (Å²) in [6.45, 7) is 3.45. The fourth-order valence-corrected chi connectivity index (χ4v) is 5.30. The molecule has 0 saturated carbocycles. The molecule has 2 aromatic carbocycles. The summed E-state index contributed by atoms with van der Waals surface area (Å²) < 4.78 is 0. The number of H-pyrrole nitrogens is 1. The van der Waals surface area contributed by atoms with Gasteiger partial charge in [0.15, 0.2) is 0 Å². The van der Waals surface area contributed by atoms with E-state index in [1.54, 1.807) is 6.07 Å². The third-order valence-corrected chi connectivity index (χ3v) is 7.00. The van der Waals surface area contributed by atoms with Crippen LogP contribution >= 0.6 is 0 Å². The molecule has 5 rings (SSSR count). The number of nitrogens with one attached hydrogen (secondary N) is 1. The summed E-state index contributed by atoms with van der Waals surface area (Å²) in [7, 11) is 0. The molecule has 0 unspecified atom stereocenters. The number of benzene rings is 2. The van der Waals surface area contributed by atoms with Crippen molar-refractivity contribution in [1.82, 2.24) is 15.1 Å². The molecule has 1 spiro atoms. The number of aromatic nitrogens is 2. The number of nitrogens with zero attached hydrogens (tertiary/aromatic N) is 2. The average Bonchev–Trinajstić information content (AvgIpc) is 3.12. The third kappa shape index (κ3) is 2.87. The highest BCUT2D eigenvalue weighted by Crippen LogP contribution is 2.46. The highest BCUT2D eigenvalue weighted by Gasteiger charge is 2.42. The van der Waals surface area contributed by atoms with Gasteiger partial charge in [-0.25, -0.2) is 5.10 Å². The molecule has 2 heterocycles. The van der Waals surface area contributed by atoms with Gasteiger partial charge in [0, 0.05) is 18.5 Å². The Morgan fingerprint density at radius 1 is 1.03 bits per heavy atom. The summed E-state index contributed by atoms with van der Waals surface area (Å²) in [5, 5.41) is 8.13. The van der Waals surface area contributed by atoms with E-state index in [1.165, 1.54) is 17.5 Å². The number of carbonyl (C=O) groups excluding carboxylic acids is 1. The molecule has 29 heavy (non-hydrogen) atoms. The normalized spacial score (nSPS) is 18.7. The first-order chi connectivity index (χ1) is 14.1. The van der Waals surface area contributed by atoms with Crippen molar-refractivity contribution in [1.29, 1.82) is 0 Å². The van der Waals surface area contributed by atoms with Crippen LogP contribution < -0.4 is 5.56 Å². The SMILES string of the molecule is C[C@@H](C(=O)N1CCC2(CCc3ccccc32)CC1)c1n[nH]c(=O)c2ccccc12. The Balaban J connectivity index is 1.37. The average molecular weight is 387 g/mol. The lowest BCUT2D eigenvalue weighted by atomic mass is 9.73. The van der Waals surface area contributed by atoms with Crippen LogP contribution in [0, 0.1) is 0 Å². The minimum atomic E-state index is -0.387. The van der Waals surface area contributed by atoms with E-state index >= 15 is 0 Å². The van der Waals surface area contributed by atoms with Gasteiger partial charge in [0.25, 0.3) is 5.56 Å². The van der Waals surface area contributed by atoms with Crippen molar-refractivity contribution in [3.05, 3.63) is 75.7 Å². The van der Waals surface area contributed by atoms with Crippen molar-refractivity contribution in [2.45, 2.75) is 43.9 Å². The predicted molar refractivity (Wildman–Crippen MR) is 113 cm³/mol. The molecular weight excluding hydrogens is 362 g/mol. The zero-order chi connectivity index (χ0) is 20.0. The quantitative estimate of drug-likeness (QED) is 0.731.